The van der Waals surface area contributed by atoms with Gasteiger partial charge in [0, 0.05) is 43.4 Å². The fraction of sp³-hybridized carbons (Fsp3) is 0.524. The molecule has 2 aromatic rings. The minimum absolute atomic E-state index is 0. The van der Waals surface area contributed by atoms with Crippen molar-refractivity contribution in [1.29, 1.82) is 0 Å². The van der Waals surface area contributed by atoms with Crippen LogP contribution >= 0.6 is 35.3 Å². The van der Waals surface area contributed by atoms with Crippen molar-refractivity contribution < 1.29 is 0 Å². The molecular formula is C21H32IN5S. The van der Waals surface area contributed by atoms with Gasteiger partial charge in [0.15, 0.2) is 5.96 Å². The van der Waals surface area contributed by atoms with E-state index in [4.69, 9.17) is 0 Å². The first-order valence-electron chi connectivity index (χ1n) is 9.90. The van der Waals surface area contributed by atoms with Gasteiger partial charge < -0.3 is 15.5 Å². The minimum atomic E-state index is 0. The Morgan fingerprint density at radius 1 is 1.18 bits per heavy atom. The molecule has 5 nitrogen and oxygen atoms in total. The second-order valence-corrected chi connectivity index (χ2v) is 8.39. The van der Waals surface area contributed by atoms with E-state index >= 15 is 0 Å². The van der Waals surface area contributed by atoms with Crippen molar-refractivity contribution in [2.45, 2.75) is 46.2 Å². The largest absolute Gasteiger partial charge is 0.372 e. The molecule has 2 heterocycles. The third-order valence-corrected chi connectivity index (χ3v) is 6.27. The van der Waals surface area contributed by atoms with Gasteiger partial charge >= 0.3 is 0 Å². The van der Waals surface area contributed by atoms with Crippen LogP contribution in [-0.2, 0) is 19.5 Å². The molecule has 1 aromatic carbocycles. The number of aryl methyl sites for hydroxylation is 1. The molecular weight excluding hydrogens is 481 g/mol. The molecule has 1 aromatic heterocycles. The topological polar surface area (TPSA) is 52.6 Å². The second-order valence-electron chi connectivity index (χ2n) is 7.19. The highest BCUT2D eigenvalue weighted by atomic mass is 127. The normalized spacial score (nSPS) is 15.2. The number of guanidine groups is 1. The number of rotatable bonds is 6. The Hall–Kier alpha value is -1.35. The first-order valence-corrected chi connectivity index (χ1v) is 10.7. The zero-order valence-electron chi connectivity index (χ0n) is 17.1. The van der Waals surface area contributed by atoms with E-state index in [0.717, 1.165) is 29.9 Å². The van der Waals surface area contributed by atoms with Gasteiger partial charge in [0.2, 0.25) is 0 Å². The zero-order chi connectivity index (χ0) is 19.1. The number of anilines is 1. The summed E-state index contributed by atoms with van der Waals surface area (Å²) in [5.41, 5.74) is 2.60. The van der Waals surface area contributed by atoms with Crippen molar-refractivity contribution in [2.24, 2.45) is 10.9 Å². The number of hydrogen-bond acceptors (Lipinski definition) is 4. The lowest BCUT2D eigenvalue weighted by Crippen LogP contribution is -2.36. The van der Waals surface area contributed by atoms with E-state index in [0.29, 0.717) is 6.54 Å². The lowest BCUT2D eigenvalue weighted by molar-refractivity contribution is 0.438. The van der Waals surface area contributed by atoms with Crippen LogP contribution in [0.2, 0.25) is 0 Å². The summed E-state index contributed by atoms with van der Waals surface area (Å²) in [6, 6.07) is 8.90. The van der Waals surface area contributed by atoms with Crippen molar-refractivity contribution in [1.82, 2.24) is 15.6 Å². The zero-order valence-corrected chi connectivity index (χ0v) is 20.2. The van der Waals surface area contributed by atoms with Crippen LogP contribution in [0.15, 0.2) is 35.5 Å². The van der Waals surface area contributed by atoms with Gasteiger partial charge in [-0.1, -0.05) is 26.0 Å². The maximum Gasteiger partial charge on any atom is 0.191 e. The summed E-state index contributed by atoms with van der Waals surface area (Å²) in [4.78, 5) is 12.6. The summed E-state index contributed by atoms with van der Waals surface area (Å²) in [5.74, 6) is 1.67. The van der Waals surface area contributed by atoms with Crippen LogP contribution in [0.5, 0.6) is 0 Å². The lowest BCUT2D eigenvalue weighted by atomic mass is 9.99. The van der Waals surface area contributed by atoms with Gasteiger partial charge in [-0.15, -0.1) is 35.3 Å². The highest BCUT2D eigenvalue weighted by Gasteiger charge is 2.15. The van der Waals surface area contributed by atoms with E-state index in [2.05, 4.69) is 63.6 Å². The first-order chi connectivity index (χ1) is 13.2. The summed E-state index contributed by atoms with van der Waals surface area (Å²) < 4.78 is 0. The van der Waals surface area contributed by atoms with E-state index in [1.54, 1.807) is 18.4 Å². The quantitative estimate of drug-likeness (QED) is 0.341. The van der Waals surface area contributed by atoms with E-state index < -0.39 is 0 Å². The molecule has 0 unspecified atom stereocenters. The molecule has 3 rings (SSSR count). The number of thiazole rings is 1. The summed E-state index contributed by atoms with van der Waals surface area (Å²) in [6.07, 6.45) is 5.59. The number of piperidine rings is 1. The summed E-state index contributed by atoms with van der Waals surface area (Å²) in [5, 5.41) is 7.82. The van der Waals surface area contributed by atoms with Gasteiger partial charge in [0.05, 0.1) is 6.54 Å². The molecule has 0 amide bonds. The van der Waals surface area contributed by atoms with Crippen molar-refractivity contribution in [3.63, 3.8) is 0 Å². The van der Waals surface area contributed by atoms with Crippen LogP contribution in [0.1, 0.15) is 42.1 Å². The second kappa shape index (κ2) is 11.6. The van der Waals surface area contributed by atoms with Gasteiger partial charge in [-0.2, -0.15) is 0 Å². The maximum absolute atomic E-state index is 4.44. The Labute approximate surface area is 190 Å². The molecule has 0 spiro atoms. The number of nitrogens with zero attached hydrogens (tertiary/aromatic N) is 3. The average molecular weight is 513 g/mol. The van der Waals surface area contributed by atoms with Crippen molar-refractivity contribution in [3.05, 3.63) is 45.9 Å². The summed E-state index contributed by atoms with van der Waals surface area (Å²) in [6.45, 7) is 8.32. The van der Waals surface area contributed by atoms with E-state index in [-0.39, 0.29) is 24.0 Å². The molecule has 1 saturated heterocycles. The van der Waals surface area contributed by atoms with Crippen LogP contribution in [0, 0.1) is 5.92 Å². The predicted molar refractivity (Wildman–Crippen MR) is 131 cm³/mol. The predicted octanol–water partition coefficient (Wildman–Crippen LogP) is 4.43. The molecule has 1 aliphatic heterocycles. The monoisotopic (exact) mass is 513 g/mol. The fourth-order valence-electron chi connectivity index (χ4n) is 3.25. The van der Waals surface area contributed by atoms with E-state index in [1.807, 2.05) is 6.20 Å². The van der Waals surface area contributed by atoms with Crippen molar-refractivity contribution in [2.75, 3.05) is 25.0 Å². The molecule has 7 heteroatoms. The summed E-state index contributed by atoms with van der Waals surface area (Å²) >= 11 is 1.75. The van der Waals surface area contributed by atoms with Gasteiger partial charge in [-0.05, 0) is 42.9 Å². The molecule has 0 aliphatic carbocycles. The molecule has 0 saturated carbocycles. The molecule has 28 heavy (non-hydrogen) atoms. The molecule has 154 valence electrons. The Balaban J connectivity index is 0.00000280. The van der Waals surface area contributed by atoms with Gasteiger partial charge in [-0.25, -0.2) is 4.98 Å². The molecule has 0 bridgehead atoms. The average Bonchev–Trinajstić information content (AvgIpc) is 3.17. The Morgan fingerprint density at radius 3 is 2.46 bits per heavy atom. The van der Waals surface area contributed by atoms with Crippen LogP contribution in [0.25, 0.3) is 0 Å². The smallest absolute Gasteiger partial charge is 0.191 e. The number of nitrogens with one attached hydrogen (secondary N) is 2. The third-order valence-electron chi connectivity index (χ3n) is 5.13. The van der Waals surface area contributed by atoms with Gasteiger partial charge in [-0.3, -0.25) is 4.99 Å². The van der Waals surface area contributed by atoms with Crippen LogP contribution in [0.3, 0.4) is 0 Å². The Bertz CT molecular complexity index is 736. The van der Waals surface area contributed by atoms with Crippen molar-refractivity contribution in [3.8, 4) is 0 Å². The number of benzene rings is 1. The van der Waals surface area contributed by atoms with Gasteiger partial charge in [0.25, 0.3) is 0 Å². The number of halogens is 1. The highest BCUT2D eigenvalue weighted by molar-refractivity contribution is 14.0. The van der Waals surface area contributed by atoms with Crippen molar-refractivity contribution >= 4 is 47.0 Å². The summed E-state index contributed by atoms with van der Waals surface area (Å²) in [7, 11) is 1.80. The number of hydrogen-bond donors (Lipinski definition) is 2. The maximum atomic E-state index is 4.44. The van der Waals surface area contributed by atoms with Crippen LogP contribution < -0.4 is 15.5 Å². The minimum Gasteiger partial charge on any atom is -0.372 e. The molecule has 0 atom stereocenters. The number of aliphatic imine (C=N–C) groups is 1. The third kappa shape index (κ3) is 6.62. The fourth-order valence-corrected chi connectivity index (χ4v) is 4.05. The van der Waals surface area contributed by atoms with Crippen LogP contribution in [-0.4, -0.2) is 31.1 Å². The Kier molecular flexibility index (Phi) is 9.50. The highest BCUT2D eigenvalue weighted by Crippen LogP contribution is 2.23. The molecule has 1 fully saturated rings. The SMILES string of the molecule is CCc1cnc(CNC(=NC)NCc2ccc(N3CCC(C)CC3)cc2)s1.I. The Morgan fingerprint density at radius 2 is 1.86 bits per heavy atom. The van der Waals surface area contributed by atoms with E-state index in [1.165, 1.54) is 42.1 Å². The lowest BCUT2D eigenvalue weighted by Gasteiger charge is -2.32. The van der Waals surface area contributed by atoms with E-state index in [9.17, 15) is 0 Å². The first kappa shape index (κ1) is 22.9. The van der Waals surface area contributed by atoms with Gasteiger partial charge in [0.1, 0.15) is 5.01 Å². The molecule has 2 N–H and O–H groups in total. The standard InChI is InChI=1S/C21H31N5S.HI/c1-4-19-14-23-20(27-19)15-25-21(22-3)24-13-17-5-7-18(8-6-17)26-11-9-16(2)10-12-26;/h5-8,14,16H,4,9-13,15H2,1-3H3,(H2,22,24,25);1H. The molecule has 0 radical (unpaired) electrons. The molecule has 1 aliphatic rings. The van der Waals surface area contributed by atoms with Crippen LogP contribution in [0.4, 0.5) is 5.69 Å². The number of aromatic nitrogens is 1.